The molecule has 0 heterocycles. The van der Waals surface area contributed by atoms with Crippen LogP contribution in [0.25, 0.3) is 11.1 Å². The minimum Gasteiger partial charge on any atom is -0.430 e. The molecule has 0 bridgehead atoms. The Kier molecular flexibility index (Phi) is 8.54. The summed E-state index contributed by atoms with van der Waals surface area (Å²) in [4.78, 5) is 0. The molecule has 0 N–H and O–H groups in total. The largest absolute Gasteiger partial charge is 0.573 e. The molecule has 3 aromatic rings. The van der Waals surface area contributed by atoms with Crippen molar-refractivity contribution in [1.29, 1.82) is 0 Å². The molecule has 0 aromatic heterocycles. The van der Waals surface area contributed by atoms with Crippen LogP contribution in [-0.2, 0) is 6.11 Å². The van der Waals surface area contributed by atoms with Crippen LogP contribution in [0.1, 0.15) is 27.8 Å². The van der Waals surface area contributed by atoms with E-state index in [4.69, 9.17) is 0 Å². The Morgan fingerprint density at radius 2 is 1.26 bits per heavy atom. The monoisotopic (exact) mass is 610 g/mol. The van der Waals surface area contributed by atoms with Crippen molar-refractivity contribution in [3.8, 4) is 22.6 Å². The van der Waals surface area contributed by atoms with Gasteiger partial charge in [-0.2, -0.15) is 27.0 Å². The first kappa shape index (κ1) is 28.2. The van der Waals surface area contributed by atoms with Gasteiger partial charge in [-0.25, -0.2) is 8.78 Å². The average molecular weight is 610 g/mol. The van der Waals surface area contributed by atoms with Crippen LogP contribution in [0.3, 0.4) is 0 Å². The second-order valence-electron chi connectivity index (χ2n) is 7.60. The third-order valence-corrected chi connectivity index (χ3v) is 4.83. The van der Waals surface area contributed by atoms with E-state index in [0.717, 1.165) is 22.3 Å². The third kappa shape index (κ3) is 6.34. The zero-order valence-electron chi connectivity index (χ0n) is 18.5. The van der Waals surface area contributed by atoms with Gasteiger partial charge >= 0.3 is 12.5 Å². The van der Waals surface area contributed by atoms with Crippen molar-refractivity contribution in [1.82, 2.24) is 0 Å². The zero-order chi connectivity index (χ0) is 24.7. The molecule has 34 heavy (non-hydrogen) atoms. The van der Waals surface area contributed by atoms with E-state index in [1.54, 1.807) is 0 Å². The second kappa shape index (κ2) is 10.3. The number of alkyl halides is 5. The van der Waals surface area contributed by atoms with Crippen molar-refractivity contribution in [2.75, 3.05) is 0 Å². The van der Waals surface area contributed by atoms with E-state index in [-0.39, 0.29) is 53.3 Å². The van der Waals surface area contributed by atoms with Gasteiger partial charge in [0.1, 0.15) is 5.75 Å². The summed E-state index contributed by atoms with van der Waals surface area (Å²) < 4.78 is 102. The zero-order valence-corrected chi connectivity index (χ0v) is 22.1. The van der Waals surface area contributed by atoms with Crippen molar-refractivity contribution in [2.24, 2.45) is 0 Å². The first-order chi connectivity index (χ1) is 15.2. The van der Waals surface area contributed by atoms with Crippen LogP contribution in [0, 0.1) is 81.0 Å². The van der Waals surface area contributed by atoms with E-state index < -0.39 is 41.2 Å². The standard InChI is InChI=1S/C24H18F7O2.La/c1-12-7-14(3)21(15(4)8-12)16-5-6-18(13(2)9-16)23(27,28)32-17-10-19(25)22(20(26)11-17)33-24(29,30)31;/h5,7-11H,1-4H3;/q-1;. The van der Waals surface area contributed by atoms with Gasteiger partial charge in [-0.15, -0.1) is 24.3 Å². The van der Waals surface area contributed by atoms with Crippen LogP contribution >= 0.6 is 0 Å². The Balaban J connectivity index is 0.00000408. The van der Waals surface area contributed by atoms with Gasteiger partial charge in [0.25, 0.3) is 0 Å². The molecule has 10 heteroatoms. The van der Waals surface area contributed by atoms with E-state index >= 15 is 0 Å². The van der Waals surface area contributed by atoms with Crippen LogP contribution in [0.15, 0.2) is 36.4 Å². The summed E-state index contributed by atoms with van der Waals surface area (Å²) >= 11 is 0. The summed E-state index contributed by atoms with van der Waals surface area (Å²) in [6.07, 6.45) is -9.44. The first-order valence-electron chi connectivity index (χ1n) is 9.60. The minimum atomic E-state index is -5.37. The molecule has 3 rings (SSSR count). The van der Waals surface area contributed by atoms with Crippen LogP contribution in [0.4, 0.5) is 30.7 Å². The molecule has 0 amide bonds. The molecule has 3 aromatic carbocycles. The Hall–Kier alpha value is -2.04. The summed E-state index contributed by atoms with van der Waals surface area (Å²) in [5.74, 6) is -6.49. The fraction of sp³-hybridized carbons (Fsp3) is 0.250. The smallest absolute Gasteiger partial charge is 0.430 e. The molecule has 0 fully saturated rings. The van der Waals surface area contributed by atoms with Gasteiger partial charge in [0, 0.05) is 47.7 Å². The van der Waals surface area contributed by atoms with E-state index in [0.29, 0.717) is 5.56 Å². The number of benzene rings is 3. The fourth-order valence-electron chi connectivity index (χ4n) is 3.71. The maximum absolute atomic E-state index is 14.8. The SMILES string of the molecule is Cc1cc(C)c(-c2c[c-]c(C(F)(F)Oc3cc(F)c(OC(F)(F)F)c(F)c3)c(C)c2)c(C)c1.[La]. The molecule has 0 saturated heterocycles. The number of halogens is 7. The van der Waals surface area contributed by atoms with Crippen molar-refractivity contribution >= 4 is 0 Å². The Morgan fingerprint density at radius 1 is 0.735 bits per heavy atom. The van der Waals surface area contributed by atoms with Crippen molar-refractivity contribution in [3.05, 3.63) is 81.9 Å². The second-order valence-corrected chi connectivity index (χ2v) is 7.60. The summed E-state index contributed by atoms with van der Waals surface area (Å²) in [7, 11) is 0. The third-order valence-electron chi connectivity index (χ3n) is 4.83. The van der Waals surface area contributed by atoms with Gasteiger partial charge in [0.05, 0.1) is 0 Å². The number of ether oxygens (including phenoxy) is 2. The summed E-state index contributed by atoms with van der Waals surface area (Å²) in [5, 5.41) is 0. The van der Waals surface area contributed by atoms with Gasteiger partial charge in [-0.3, -0.25) is 0 Å². The normalized spacial score (nSPS) is 11.7. The van der Waals surface area contributed by atoms with E-state index in [9.17, 15) is 30.7 Å². The molecule has 0 unspecified atom stereocenters. The number of hydrogen-bond donors (Lipinski definition) is 0. The van der Waals surface area contributed by atoms with Crippen molar-refractivity contribution < 1.29 is 75.8 Å². The minimum absolute atomic E-state index is 0. The molecule has 0 spiro atoms. The molecule has 0 aliphatic carbocycles. The van der Waals surface area contributed by atoms with Crippen LogP contribution < -0.4 is 9.47 Å². The maximum Gasteiger partial charge on any atom is 0.573 e. The molecule has 0 aliphatic rings. The van der Waals surface area contributed by atoms with Gasteiger partial charge in [0.15, 0.2) is 11.6 Å². The van der Waals surface area contributed by atoms with Gasteiger partial charge in [-0.05, 0) is 26.3 Å². The topological polar surface area (TPSA) is 18.5 Å². The average Bonchev–Trinajstić information content (AvgIpc) is 2.62. The number of aryl methyl sites for hydroxylation is 4. The molecular formula is C24H18F7LaO2-. The van der Waals surface area contributed by atoms with Crippen LogP contribution in [-0.4, -0.2) is 6.36 Å². The Morgan fingerprint density at radius 3 is 1.74 bits per heavy atom. The quantitative estimate of drug-likeness (QED) is 0.218. The van der Waals surface area contributed by atoms with E-state index in [1.165, 1.54) is 19.1 Å². The van der Waals surface area contributed by atoms with Crippen LogP contribution in [0.5, 0.6) is 11.5 Å². The predicted octanol–water partition coefficient (Wildman–Crippen LogP) is 7.69. The molecule has 0 atom stereocenters. The van der Waals surface area contributed by atoms with Gasteiger partial charge in [-0.1, -0.05) is 41.3 Å². The Labute approximate surface area is 219 Å². The molecule has 0 aliphatic heterocycles. The van der Waals surface area contributed by atoms with Crippen molar-refractivity contribution in [2.45, 2.75) is 40.2 Å². The van der Waals surface area contributed by atoms with Crippen molar-refractivity contribution in [3.63, 3.8) is 0 Å². The van der Waals surface area contributed by atoms with E-state index in [1.807, 2.05) is 32.9 Å². The summed E-state index contributed by atoms with van der Waals surface area (Å²) in [6.45, 7) is 7.12. The number of rotatable bonds is 5. The van der Waals surface area contributed by atoms with Gasteiger partial charge in [0.2, 0.25) is 5.75 Å². The van der Waals surface area contributed by atoms with Crippen LogP contribution in [0.2, 0.25) is 0 Å². The molecule has 1 radical (unpaired) electrons. The number of hydrogen-bond acceptors (Lipinski definition) is 2. The maximum atomic E-state index is 14.8. The molecular weight excluding hydrogens is 592 g/mol. The molecule has 179 valence electrons. The summed E-state index contributed by atoms with van der Waals surface area (Å²) in [6, 6.07) is 9.61. The first-order valence-corrected chi connectivity index (χ1v) is 9.60. The van der Waals surface area contributed by atoms with E-state index in [2.05, 4.69) is 15.5 Å². The molecule has 2 nitrogen and oxygen atoms in total. The Bertz CT molecular complexity index is 1160. The predicted molar refractivity (Wildman–Crippen MR) is 107 cm³/mol. The summed E-state index contributed by atoms with van der Waals surface area (Å²) in [5.41, 5.74) is 3.86. The molecule has 0 saturated carbocycles. The van der Waals surface area contributed by atoms with Gasteiger partial charge < -0.3 is 9.47 Å². The fourth-order valence-corrected chi connectivity index (χ4v) is 3.71.